The molecule has 1 aliphatic carbocycles. The highest BCUT2D eigenvalue weighted by molar-refractivity contribution is 7.71. The molecule has 6 nitrogen and oxygen atoms in total. The zero-order valence-corrected chi connectivity index (χ0v) is 20.5. The van der Waals surface area contributed by atoms with Crippen molar-refractivity contribution in [2.45, 2.75) is 57.8 Å². The van der Waals surface area contributed by atoms with E-state index in [1.165, 1.54) is 42.2 Å². The van der Waals surface area contributed by atoms with Crippen LogP contribution in [0.4, 0.5) is 0 Å². The van der Waals surface area contributed by atoms with Crippen LogP contribution in [0.1, 0.15) is 53.6 Å². The van der Waals surface area contributed by atoms with E-state index in [0.717, 1.165) is 12.1 Å². The first-order valence-electron chi connectivity index (χ1n) is 11.9. The van der Waals surface area contributed by atoms with E-state index in [-0.39, 0.29) is 11.5 Å². The summed E-state index contributed by atoms with van der Waals surface area (Å²) in [5.74, 6) is -0.188. The second kappa shape index (κ2) is 10.9. The topological polar surface area (TPSA) is 70.1 Å². The Morgan fingerprint density at radius 3 is 2.68 bits per heavy atom. The minimum Gasteiger partial charge on any atom is -0.348 e. The maximum absolute atomic E-state index is 12.9. The molecule has 1 saturated carbocycles. The molecule has 7 heteroatoms. The summed E-state index contributed by atoms with van der Waals surface area (Å²) in [4.78, 5) is 31.1. The minimum absolute atomic E-state index is 0.188. The Morgan fingerprint density at radius 2 is 1.94 bits per heavy atom. The number of H-pyrrole nitrogens is 1. The van der Waals surface area contributed by atoms with Gasteiger partial charge in [0.15, 0.2) is 4.77 Å². The summed E-state index contributed by atoms with van der Waals surface area (Å²) in [6.45, 7) is 5.33. The number of fused-ring (bicyclic) bond motifs is 1. The molecule has 2 aromatic carbocycles. The normalized spacial score (nSPS) is 14.4. The maximum Gasteiger partial charge on any atom is 0.262 e. The molecule has 1 heterocycles. The van der Waals surface area contributed by atoms with Crippen molar-refractivity contribution in [1.29, 1.82) is 0 Å². The Bertz CT molecular complexity index is 1300. The first-order valence-corrected chi connectivity index (χ1v) is 12.3. The van der Waals surface area contributed by atoms with Gasteiger partial charge in [0, 0.05) is 31.2 Å². The Labute approximate surface area is 205 Å². The predicted molar refractivity (Wildman–Crippen MR) is 140 cm³/mol. The molecular weight excluding hydrogens is 444 g/mol. The van der Waals surface area contributed by atoms with Crippen molar-refractivity contribution in [3.05, 3.63) is 86.9 Å². The first-order chi connectivity index (χ1) is 16.5. The summed E-state index contributed by atoms with van der Waals surface area (Å²) < 4.78 is 1.76. The van der Waals surface area contributed by atoms with Gasteiger partial charge in [-0.25, -0.2) is 0 Å². The SMILES string of the molecule is C=CCn1c(=S)[nH]c2cc(C(=O)NCc3ccccc3CN(C)C3CCCCC3)ccc2c1=O. The van der Waals surface area contributed by atoms with Crippen LogP contribution in [0, 0.1) is 4.77 Å². The second-order valence-electron chi connectivity index (χ2n) is 9.05. The van der Waals surface area contributed by atoms with Crippen molar-refractivity contribution in [2.75, 3.05) is 7.05 Å². The number of benzene rings is 2. The summed E-state index contributed by atoms with van der Waals surface area (Å²) in [6, 6.07) is 13.9. The first kappa shape index (κ1) is 24.1. The van der Waals surface area contributed by atoms with Crippen LogP contribution in [-0.2, 0) is 19.6 Å². The van der Waals surface area contributed by atoms with Gasteiger partial charge in [-0.05, 0) is 61.4 Å². The summed E-state index contributed by atoms with van der Waals surface area (Å²) >= 11 is 5.31. The van der Waals surface area contributed by atoms with Crippen LogP contribution in [0.15, 0.2) is 59.9 Å². The largest absolute Gasteiger partial charge is 0.348 e. The standard InChI is InChI=1S/C27H32N4O2S/c1-3-15-31-26(33)23-14-13-19(16-24(23)29-27(31)34)25(32)28-17-20-9-7-8-10-21(20)18-30(2)22-11-5-4-6-12-22/h3,7-10,13-14,16,22H,1,4-6,11-12,15,17-18H2,2H3,(H,28,32)(H,29,34). The van der Waals surface area contributed by atoms with Gasteiger partial charge in [-0.15, -0.1) is 6.58 Å². The number of hydrogen-bond donors (Lipinski definition) is 2. The number of nitrogens with one attached hydrogen (secondary N) is 2. The summed E-state index contributed by atoms with van der Waals surface area (Å²) in [6.07, 6.45) is 8.12. The number of hydrogen-bond acceptors (Lipinski definition) is 4. The average Bonchev–Trinajstić information content (AvgIpc) is 2.86. The van der Waals surface area contributed by atoms with Gasteiger partial charge in [0.25, 0.3) is 11.5 Å². The predicted octanol–water partition coefficient (Wildman–Crippen LogP) is 4.94. The van der Waals surface area contributed by atoms with E-state index in [9.17, 15) is 9.59 Å². The van der Waals surface area contributed by atoms with Crippen LogP contribution in [0.5, 0.6) is 0 Å². The lowest BCUT2D eigenvalue weighted by molar-refractivity contribution is 0.0950. The molecule has 2 N–H and O–H groups in total. The van der Waals surface area contributed by atoms with Crippen LogP contribution in [0.25, 0.3) is 10.9 Å². The molecular formula is C27H32N4O2S. The van der Waals surface area contributed by atoms with E-state index in [1.807, 2.05) is 6.07 Å². The molecule has 0 saturated heterocycles. The molecule has 1 aliphatic rings. The van der Waals surface area contributed by atoms with Crippen molar-refractivity contribution in [2.24, 2.45) is 0 Å². The summed E-state index contributed by atoms with van der Waals surface area (Å²) in [5, 5.41) is 3.53. The number of carbonyl (C=O) groups excluding carboxylic acids is 1. The molecule has 0 aliphatic heterocycles. The van der Waals surface area contributed by atoms with Crippen LogP contribution < -0.4 is 10.9 Å². The van der Waals surface area contributed by atoms with E-state index in [0.29, 0.717) is 40.4 Å². The minimum atomic E-state index is -0.193. The smallest absolute Gasteiger partial charge is 0.262 e. The lowest BCUT2D eigenvalue weighted by atomic mass is 9.94. The van der Waals surface area contributed by atoms with E-state index in [4.69, 9.17) is 12.2 Å². The van der Waals surface area contributed by atoms with Crippen LogP contribution in [0.2, 0.25) is 0 Å². The number of aromatic amines is 1. The molecule has 3 aromatic rings. The van der Waals surface area contributed by atoms with Crippen molar-refractivity contribution < 1.29 is 4.79 Å². The van der Waals surface area contributed by atoms with Crippen molar-refractivity contribution in [3.63, 3.8) is 0 Å². The number of aromatic nitrogens is 2. The van der Waals surface area contributed by atoms with Gasteiger partial charge in [-0.2, -0.15) is 0 Å². The Kier molecular flexibility index (Phi) is 7.75. The van der Waals surface area contributed by atoms with Gasteiger partial charge in [-0.3, -0.25) is 19.1 Å². The van der Waals surface area contributed by atoms with E-state index in [1.54, 1.807) is 24.3 Å². The van der Waals surface area contributed by atoms with Crippen molar-refractivity contribution >= 4 is 29.0 Å². The highest BCUT2D eigenvalue weighted by atomic mass is 32.1. The fraction of sp³-hybridized carbons (Fsp3) is 0.370. The van der Waals surface area contributed by atoms with Crippen LogP contribution in [0.3, 0.4) is 0 Å². The molecule has 0 radical (unpaired) electrons. The summed E-state index contributed by atoms with van der Waals surface area (Å²) in [5.41, 5.74) is 3.20. The number of carbonyl (C=O) groups is 1. The highest BCUT2D eigenvalue weighted by Crippen LogP contribution is 2.23. The fourth-order valence-electron chi connectivity index (χ4n) is 4.77. The Morgan fingerprint density at radius 1 is 1.21 bits per heavy atom. The zero-order chi connectivity index (χ0) is 24.1. The highest BCUT2D eigenvalue weighted by Gasteiger charge is 2.19. The molecule has 0 bridgehead atoms. The van der Waals surface area contributed by atoms with Gasteiger partial charge in [0.1, 0.15) is 0 Å². The molecule has 178 valence electrons. The van der Waals surface area contributed by atoms with E-state index < -0.39 is 0 Å². The van der Waals surface area contributed by atoms with Gasteiger partial charge < -0.3 is 10.3 Å². The molecule has 1 fully saturated rings. The number of rotatable bonds is 8. The van der Waals surface area contributed by atoms with Gasteiger partial charge >= 0.3 is 0 Å². The third-order valence-electron chi connectivity index (χ3n) is 6.73. The number of amides is 1. The van der Waals surface area contributed by atoms with E-state index >= 15 is 0 Å². The second-order valence-corrected chi connectivity index (χ2v) is 9.44. The molecule has 1 aromatic heterocycles. The van der Waals surface area contributed by atoms with Gasteiger partial charge in [0.05, 0.1) is 10.9 Å². The van der Waals surface area contributed by atoms with E-state index in [2.05, 4.69) is 47.0 Å². The van der Waals surface area contributed by atoms with Crippen molar-refractivity contribution in [1.82, 2.24) is 19.8 Å². The molecule has 34 heavy (non-hydrogen) atoms. The maximum atomic E-state index is 12.9. The molecule has 0 spiro atoms. The third kappa shape index (κ3) is 5.37. The quantitative estimate of drug-likeness (QED) is 0.357. The Balaban J connectivity index is 1.47. The van der Waals surface area contributed by atoms with Crippen LogP contribution >= 0.6 is 12.2 Å². The lowest BCUT2D eigenvalue weighted by Gasteiger charge is -2.31. The van der Waals surface area contributed by atoms with Crippen LogP contribution in [-0.4, -0.2) is 33.4 Å². The monoisotopic (exact) mass is 476 g/mol. The fourth-order valence-corrected chi connectivity index (χ4v) is 5.04. The molecule has 4 rings (SSSR count). The molecule has 1 amide bonds. The van der Waals surface area contributed by atoms with Gasteiger partial charge in [0.2, 0.25) is 0 Å². The molecule has 0 unspecified atom stereocenters. The average molecular weight is 477 g/mol. The summed E-state index contributed by atoms with van der Waals surface area (Å²) in [7, 11) is 2.20. The third-order valence-corrected chi connectivity index (χ3v) is 7.05. The Hall–Kier alpha value is -3.03. The zero-order valence-electron chi connectivity index (χ0n) is 19.7. The van der Waals surface area contributed by atoms with Crippen molar-refractivity contribution in [3.8, 4) is 0 Å². The lowest BCUT2D eigenvalue weighted by Crippen LogP contribution is -2.33. The number of allylic oxidation sites excluding steroid dienone is 1. The van der Waals surface area contributed by atoms with Gasteiger partial charge in [-0.1, -0.05) is 49.6 Å². The molecule has 0 atom stereocenters. The number of nitrogens with zero attached hydrogens (tertiary/aromatic N) is 2.